The molecule has 268 valence electrons. The number of furan rings is 2. The van der Waals surface area contributed by atoms with E-state index >= 15 is 4.39 Å². The fourth-order valence-electron chi connectivity index (χ4n) is 6.99. The molecule has 0 fully saturated rings. The number of ether oxygens (including phenoxy) is 1. The Balaban J connectivity index is 1.16. The molecule has 5 nitrogen and oxygen atoms in total. The molecule has 0 aliphatic rings. The molecular formula is C41H27F5I2N2O3. The maximum atomic E-state index is 16.0. The predicted octanol–water partition coefficient (Wildman–Crippen LogP) is 14.2. The van der Waals surface area contributed by atoms with Gasteiger partial charge in [-0.25, -0.2) is 8.78 Å². The number of hydrogen-bond acceptors (Lipinski definition) is 5. The van der Waals surface area contributed by atoms with Gasteiger partial charge in [0.15, 0.2) is 39.7 Å². The molecule has 12 heteroatoms. The van der Waals surface area contributed by atoms with Crippen LogP contribution in [0.25, 0.3) is 43.9 Å². The molecule has 53 heavy (non-hydrogen) atoms. The van der Waals surface area contributed by atoms with Gasteiger partial charge in [-0.2, -0.15) is 0 Å². The van der Waals surface area contributed by atoms with E-state index in [0.717, 1.165) is 27.9 Å². The van der Waals surface area contributed by atoms with Crippen LogP contribution in [0.1, 0.15) is 25.0 Å². The van der Waals surface area contributed by atoms with Gasteiger partial charge in [0, 0.05) is 21.5 Å². The van der Waals surface area contributed by atoms with E-state index < -0.39 is 23.4 Å². The number of fused-ring (bicyclic) bond motifs is 6. The molecule has 0 amide bonds. The van der Waals surface area contributed by atoms with Crippen LogP contribution in [0.5, 0.6) is 5.75 Å². The second kappa shape index (κ2) is 13.4. The standard InChI is InChI=1S/C41H27F5I2N2O3/c1-40(2,28-13-3-4-15-31(28)49(47)33-17-8-11-25-24-10-7-14-29(42)36(24)51-38(25)33)22-23-20-27-26-12-9-18-34(39(26)52-37(27)30(43)21-23)50(48)32-16-5-6-19-35(32)53-41(44,45)46/h3-21H,22H2,1-2H3. The molecule has 0 saturated carbocycles. The lowest BCUT2D eigenvalue weighted by Crippen LogP contribution is -2.23. The summed E-state index contributed by atoms with van der Waals surface area (Å²) in [6.45, 7) is 4.19. The fraction of sp³-hybridized carbons (Fsp3) is 0.122. The third-order valence-corrected chi connectivity index (χ3v) is 11.3. The number of anilines is 4. The molecule has 0 radical (unpaired) electrons. The predicted molar refractivity (Wildman–Crippen MR) is 216 cm³/mol. The lowest BCUT2D eigenvalue weighted by molar-refractivity contribution is -0.274. The van der Waals surface area contributed by atoms with Crippen LogP contribution in [-0.4, -0.2) is 6.36 Å². The van der Waals surface area contributed by atoms with Gasteiger partial charge in [-0.15, -0.1) is 13.2 Å². The number of halogens is 7. The lowest BCUT2D eigenvalue weighted by Gasteiger charge is -2.31. The van der Waals surface area contributed by atoms with Gasteiger partial charge >= 0.3 is 6.36 Å². The first kappa shape index (κ1) is 35.5. The second-order valence-corrected chi connectivity index (χ2v) is 15.2. The zero-order chi connectivity index (χ0) is 37.2. The van der Waals surface area contributed by atoms with Crippen molar-refractivity contribution in [1.29, 1.82) is 0 Å². The van der Waals surface area contributed by atoms with E-state index in [-0.39, 0.29) is 22.6 Å². The lowest BCUT2D eigenvalue weighted by atomic mass is 9.78. The zero-order valence-electron chi connectivity index (χ0n) is 27.9. The summed E-state index contributed by atoms with van der Waals surface area (Å²) in [6.07, 6.45) is -4.43. The molecule has 0 unspecified atom stereocenters. The number of alkyl halides is 3. The average molecular weight is 944 g/mol. The van der Waals surface area contributed by atoms with Crippen LogP contribution in [0.3, 0.4) is 0 Å². The van der Waals surface area contributed by atoms with Gasteiger partial charge in [-0.3, -0.25) is 6.23 Å². The largest absolute Gasteiger partial charge is 0.573 e. The van der Waals surface area contributed by atoms with E-state index in [2.05, 4.69) is 41.4 Å². The SMILES string of the molecule is CC(C)(Cc1cc(F)c2oc3c(N(I)c4ccccc4OC(F)(F)F)cccc3c2c1)c1ccccc1N(I)c1cccc2c1oc1c(F)cccc12. The zero-order valence-corrected chi connectivity index (χ0v) is 32.3. The molecule has 8 rings (SSSR count). The number of hydrogen-bond donors (Lipinski definition) is 0. The summed E-state index contributed by atoms with van der Waals surface area (Å²) in [5.74, 6) is -1.36. The van der Waals surface area contributed by atoms with Crippen LogP contribution < -0.4 is 11.0 Å². The van der Waals surface area contributed by atoms with Crippen molar-refractivity contribution >= 4 is 112 Å². The van der Waals surface area contributed by atoms with Crippen LogP contribution in [0.4, 0.5) is 44.7 Å². The molecule has 6 aromatic carbocycles. The number of benzene rings is 6. The molecule has 0 atom stereocenters. The Hall–Kier alpha value is -4.57. The highest BCUT2D eigenvalue weighted by atomic mass is 127. The van der Waals surface area contributed by atoms with Crippen LogP contribution in [0, 0.1) is 11.6 Å². The van der Waals surface area contributed by atoms with E-state index in [1.165, 1.54) is 33.4 Å². The summed E-state index contributed by atoms with van der Waals surface area (Å²) < 4.78 is 90.3. The molecule has 2 aromatic heterocycles. The molecule has 0 saturated heterocycles. The van der Waals surface area contributed by atoms with Gasteiger partial charge in [0.25, 0.3) is 0 Å². The van der Waals surface area contributed by atoms with Gasteiger partial charge in [0.2, 0.25) is 0 Å². The van der Waals surface area contributed by atoms with Crippen molar-refractivity contribution in [2.45, 2.75) is 32.0 Å². The van der Waals surface area contributed by atoms with Crippen molar-refractivity contribution in [3.8, 4) is 5.75 Å². The maximum absolute atomic E-state index is 16.0. The summed E-state index contributed by atoms with van der Waals surface area (Å²) in [5.41, 5.74) is 4.57. The minimum absolute atomic E-state index is 0.0489. The second-order valence-electron chi connectivity index (χ2n) is 13.2. The normalized spacial score (nSPS) is 12.3. The summed E-state index contributed by atoms with van der Waals surface area (Å²) in [7, 11) is 0. The first-order valence-electron chi connectivity index (χ1n) is 16.4. The van der Waals surface area contributed by atoms with Gasteiger partial charge in [-0.1, -0.05) is 80.6 Å². The molecule has 0 bridgehead atoms. The Bertz CT molecular complexity index is 2690. The van der Waals surface area contributed by atoms with Gasteiger partial charge in [0.05, 0.1) is 68.5 Å². The van der Waals surface area contributed by atoms with Crippen LogP contribution in [-0.2, 0) is 11.8 Å². The van der Waals surface area contributed by atoms with Crippen molar-refractivity contribution in [2.24, 2.45) is 0 Å². The number of rotatable bonds is 8. The first-order chi connectivity index (χ1) is 25.3. The van der Waals surface area contributed by atoms with E-state index in [9.17, 15) is 17.6 Å². The van der Waals surface area contributed by atoms with Crippen molar-refractivity contribution in [2.75, 3.05) is 6.23 Å². The Morgan fingerprint density at radius 1 is 0.566 bits per heavy atom. The molecule has 0 spiro atoms. The quantitative estimate of drug-likeness (QED) is 0.0862. The highest BCUT2D eigenvalue weighted by Gasteiger charge is 2.33. The van der Waals surface area contributed by atoms with E-state index in [1.807, 2.05) is 80.6 Å². The Morgan fingerprint density at radius 3 is 1.74 bits per heavy atom. The number of para-hydroxylation sites is 6. The van der Waals surface area contributed by atoms with Crippen molar-refractivity contribution < 1.29 is 35.5 Å². The summed E-state index contributed by atoms with van der Waals surface area (Å²) in [5, 5.41) is 2.66. The smallest absolute Gasteiger partial charge is 0.451 e. The summed E-state index contributed by atoms with van der Waals surface area (Å²) in [4.78, 5) is 0. The Kier molecular flexibility index (Phi) is 8.95. The van der Waals surface area contributed by atoms with Crippen molar-refractivity contribution in [1.82, 2.24) is 0 Å². The Labute approximate surface area is 327 Å². The van der Waals surface area contributed by atoms with Crippen LogP contribution >= 0.6 is 45.7 Å². The third-order valence-electron chi connectivity index (χ3n) is 9.26. The highest BCUT2D eigenvalue weighted by Crippen LogP contribution is 2.46. The molecule has 0 aliphatic carbocycles. The molecule has 2 heterocycles. The van der Waals surface area contributed by atoms with Gasteiger partial charge < -0.3 is 13.6 Å². The van der Waals surface area contributed by atoms with Crippen molar-refractivity contribution in [3.63, 3.8) is 0 Å². The topological polar surface area (TPSA) is 42.0 Å². The monoisotopic (exact) mass is 944 g/mol. The minimum Gasteiger partial charge on any atom is -0.451 e. The number of nitrogens with zero attached hydrogens (tertiary/aromatic N) is 2. The van der Waals surface area contributed by atoms with Crippen LogP contribution in [0.15, 0.2) is 124 Å². The minimum atomic E-state index is -4.88. The molecule has 8 aromatic rings. The highest BCUT2D eigenvalue weighted by molar-refractivity contribution is 14.1. The fourth-order valence-corrected chi connectivity index (χ4v) is 8.57. The van der Waals surface area contributed by atoms with Gasteiger partial charge in [0.1, 0.15) is 0 Å². The molecule has 0 N–H and O–H groups in total. The first-order valence-corrected chi connectivity index (χ1v) is 18.3. The van der Waals surface area contributed by atoms with E-state index in [1.54, 1.807) is 30.3 Å². The van der Waals surface area contributed by atoms with E-state index in [0.29, 0.717) is 39.4 Å². The van der Waals surface area contributed by atoms with E-state index in [4.69, 9.17) is 8.83 Å². The maximum Gasteiger partial charge on any atom is 0.573 e. The molecular weight excluding hydrogens is 917 g/mol. The van der Waals surface area contributed by atoms with Gasteiger partial charge in [-0.05, 0) is 71.5 Å². The molecule has 0 aliphatic heterocycles. The summed E-state index contributed by atoms with van der Waals surface area (Å²) in [6, 6.07) is 33.0. The summed E-state index contributed by atoms with van der Waals surface area (Å²) >= 11 is 4.13. The average Bonchev–Trinajstić information content (AvgIpc) is 3.70. The third kappa shape index (κ3) is 6.43. The Morgan fingerprint density at radius 2 is 1.08 bits per heavy atom. The van der Waals surface area contributed by atoms with Crippen molar-refractivity contribution in [3.05, 3.63) is 138 Å². The van der Waals surface area contributed by atoms with Crippen LogP contribution in [0.2, 0.25) is 0 Å².